The number of amides is 2. The molecule has 0 spiro atoms. The van der Waals surface area contributed by atoms with Crippen LogP contribution in [0.4, 0.5) is 5.69 Å². The van der Waals surface area contributed by atoms with Crippen molar-refractivity contribution in [2.45, 2.75) is 77.3 Å². The second kappa shape index (κ2) is 9.94. The van der Waals surface area contributed by atoms with Gasteiger partial charge in [-0.2, -0.15) is 0 Å². The molecule has 1 atom stereocenters. The van der Waals surface area contributed by atoms with E-state index in [-0.39, 0.29) is 29.8 Å². The van der Waals surface area contributed by atoms with E-state index in [1.54, 1.807) is 0 Å². The summed E-state index contributed by atoms with van der Waals surface area (Å²) in [5, 5.41) is 6.36. The zero-order valence-electron chi connectivity index (χ0n) is 17.4. The molecule has 2 amide bonds. The Morgan fingerprint density at radius 2 is 1.75 bits per heavy atom. The summed E-state index contributed by atoms with van der Waals surface area (Å²) in [4.78, 5) is 27.5. The number of carbonyl (C=O) groups is 2. The van der Waals surface area contributed by atoms with Crippen molar-refractivity contribution in [2.75, 3.05) is 18.0 Å². The number of benzene rings is 1. The molecule has 2 N–H and O–H groups in total. The van der Waals surface area contributed by atoms with Crippen LogP contribution in [0.25, 0.3) is 0 Å². The number of nitrogens with zero attached hydrogens (tertiary/aromatic N) is 1. The number of nitrogens with one attached hydrogen (secondary N) is 2. The first-order valence-electron chi connectivity index (χ1n) is 11.0. The number of carbonyl (C=O) groups excluding carboxylic acids is 2. The number of anilines is 1. The van der Waals surface area contributed by atoms with Gasteiger partial charge in [-0.1, -0.05) is 38.3 Å². The Balaban J connectivity index is 1.56. The summed E-state index contributed by atoms with van der Waals surface area (Å²) in [6.45, 7) is 5.83. The van der Waals surface area contributed by atoms with E-state index >= 15 is 0 Å². The van der Waals surface area contributed by atoms with Gasteiger partial charge in [0, 0.05) is 36.8 Å². The Bertz CT molecular complexity index is 662. The summed E-state index contributed by atoms with van der Waals surface area (Å²) in [6.07, 6.45) is 8.51. The van der Waals surface area contributed by atoms with E-state index in [1.807, 2.05) is 31.2 Å². The lowest BCUT2D eigenvalue weighted by Gasteiger charge is -2.35. The van der Waals surface area contributed by atoms with Gasteiger partial charge in [-0.3, -0.25) is 9.59 Å². The summed E-state index contributed by atoms with van der Waals surface area (Å²) in [5.41, 5.74) is 1.74. The van der Waals surface area contributed by atoms with Crippen LogP contribution >= 0.6 is 0 Å². The van der Waals surface area contributed by atoms with Crippen LogP contribution in [0.15, 0.2) is 24.3 Å². The molecule has 1 heterocycles. The smallest absolute Gasteiger partial charge is 0.253 e. The van der Waals surface area contributed by atoms with Crippen LogP contribution in [0.5, 0.6) is 0 Å². The molecule has 2 aliphatic rings. The zero-order valence-corrected chi connectivity index (χ0v) is 17.4. The number of rotatable bonds is 6. The summed E-state index contributed by atoms with van der Waals surface area (Å²) < 4.78 is 0. The number of hydrogen-bond acceptors (Lipinski definition) is 3. The quantitative estimate of drug-likeness (QED) is 0.781. The van der Waals surface area contributed by atoms with Gasteiger partial charge in [0.05, 0.1) is 5.56 Å². The van der Waals surface area contributed by atoms with Crippen LogP contribution in [-0.2, 0) is 4.79 Å². The molecule has 5 heteroatoms. The van der Waals surface area contributed by atoms with Crippen molar-refractivity contribution in [2.24, 2.45) is 5.92 Å². The standard InChI is InChI=1S/C23H35N3O2/c1-3-17(2)24-23(28)20-11-7-8-12-21(20)26-15-13-19(14-16-26)25-22(27)18-9-5-4-6-10-18/h7-8,11-12,17-19H,3-6,9-10,13-16H2,1-2H3,(H,24,28)(H,25,27). The van der Waals surface area contributed by atoms with Gasteiger partial charge in [-0.15, -0.1) is 0 Å². The topological polar surface area (TPSA) is 61.4 Å². The molecule has 2 fully saturated rings. The summed E-state index contributed by atoms with van der Waals surface area (Å²) in [6, 6.07) is 8.28. The fourth-order valence-corrected chi connectivity index (χ4v) is 4.29. The first-order chi connectivity index (χ1) is 13.6. The van der Waals surface area contributed by atoms with Gasteiger partial charge >= 0.3 is 0 Å². The van der Waals surface area contributed by atoms with Crippen LogP contribution in [0.2, 0.25) is 0 Å². The monoisotopic (exact) mass is 385 g/mol. The molecule has 28 heavy (non-hydrogen) atoms. The average molecular weight is 386 g/mol. The molecule has 1 aliphatic heterocycles. The van der Waals surface area contributed by atoms with Crippen molar-refractivity contribution < 1.29 is 9.59 Å². The van der Waals surface area contributed by atoms with E-state index in [9.17, 15) is 9.59 Å². The number of para-hydroxylation sites is 1. The second-order valence-electron chi connectivity index (χ2n) is 8.40. The van der Waals surface area contributed by atoms with E-state index in [4.69, 9.17) is 0 Å². The SMILES string of the molecule is CCC(C)NC(=O)c1ccccc1N1CCC(NC(=O)C2CCCCC2)CC1. The first-order valence-corrected chi connectivity index (χ1v) is 11.0. The van der Waals surface area contributed by atoms with Gasteiger partial charge in [0.2, 0.25) is 5.91 Å². The highest BCUT2D eigenvalue weighted by Crippen LogP contribution is 2.26. The summed E-state index contributed by atoms with van der Waals surface area (Å²) >= 11 is 0. The van der Waals surface area contributed by atoms with Gasteiger partial charge in [0.15, 0.2) is 0 Å². The third-order valence-corrected chi connectivity index (χ3v) is 6.30. The Morgan fingerprint density at radius 1 is 1.07 bits per heavy atom. The molecule has 1 saturated heterocycles. The lowest BCUT2D eigenvalue weighted by Crippen LogP contribution is -2.47. The molecular weight excluding hydrogens is 350 g/mol. The van der Waals surface area contributed by atoms with Crippen molar-refractivity contribution in [1.82, 2.24) is 10.6 Å². The van der Waals surface area contributed by atoms with Crippen LogP contribution in [0, 0.1) is 5.92 Å². The van der Waals surface area contributed by atoms with E-state index in [2.05, 4.69) is 22.5 Å². The first kappa shape index (κ1) is 20.7. The minimum atomic E-state index is -0.00215. The van der Waals surface area contributed by atoms with E-state index < -0.39 is 0 Å². The van der Waals surface area contributed by atoms with Crippen molar-refractivity contribution in [3.8, 4) is 0 Å². The van der Waals surface area contributed by atoms with Gasteiger partial charge in [0.1, 0.15) is 0 Å². The van der Waals surface area contributed by atoms with Crippen LogP contribution in [0.1, 0.15) is 75.6 Å². The Morgan fingerprint density at radius 3 is 2.43 bits per heavy atom. The molecule has 1 aromatic carbocycles. The molecule has 5 nitrogen and oxygen atoms in total. The second-order valence-corrected chi connectivity index (χ2v) is 8.40. The van der Waals surface area contributed by atoms with Crippen LogP contribution < -0.4 is 15.5 Å². The van der Waals surface area contributed by atoms with E-state index in [0.717, 1.165) is 56.4 Å². The van der Waals surface area contributed by atoms with Gasteiger partial charge in [-0.25, -0.2) is 0 Å². The Kier molecular flexibility index (Phi) is 7.35. The minimum Gasteiger partial charge on any atom is -0.371 e. The van der Waals surface area contributed by atoms with Crippen molar-refractivity contribution >= 4 is 17.5 Å². The zero-order chi connectivity index (χ0) is 19.9. The molecule has 0 bridgehead atoms. The fraction of sp³-hybridized carbons (Fsp3) is 0.652. The lowest BCUT2D eigenvalue weighted by atomic mass is 9.88. The molecule has 0 radical (unpaired) electrons. The summed E-state index contributed by atoms with van der Waals surface area (Å²) in [7, 11) is 0. The molecule has 3 rings (SSSR count). The van der Waals surface area contributed by atoms with Crippen LogP contribution in [-0.4, -0.2) is 37.0 Å². The number of hydrogen-bond donors (Lipinski definition) is 2. The highest BCUT2D eigenvalue weighted by Gasteiger charge is 2.27. The van der Waals surface area contributed by atoms with Crippen molar-refractivity contribution in [3.63, 3.8) is 0 Å². The van der Waals surface area contributed by atoms with Gasteiger partial charge < -0.3 is 15.5 Å². The van der Waals surface area contributed by atoms with Gasteiger partial charge in [0.25, 0.3) is 5.91 Å². The highest BCUT2D eigenvalue weighted by atomic mass is 16.2. The highest BCUT2D eigenvalue weighted by molar-refractivity contribution is 6.00. The molecule has 0 aromatic heterocycles. The molecular formula is C23H35N3O2. The molecule has 154 valence electrons. The third-order valence-electron chi connectivity index (χ3n) is 6.30. The van der Waals surface area contributed by atoms with Crippen molar-refractivity contribution in [3.05, 3.63) is 29.8 Å². The third kappa shape index (κ3) is 5.27. The predicted molar refractivity (Wildman–Crippen MR) is 114 cm³/mol. The van der Waals surface area contributed by atoms with E-state index in [1.165, 1.54) is 19.3 Å². The normalized spacial score (nSPS) is 19.9. The predicted octanol–water partition coefficient (Wildman–Crippen LogP) is 3.88. The Labute approximate surface area is 169 Å². The van der Waals surface area contributed by atoms with Gasteiger partial charge in [-0.05, 0) is 51.2 Å². The summed E-state index contributed by atoms with van der Waals surface area (Å²) in [5.74, 6) is 0.473. The Hall–Kier alpha value is -2.04. The lowest BCUT2D eigenvalue weighted by molar-refractivity contribution is -0.126. The molecule has 1 unspecified atom stereocenters. The van der Waals surface area contributed by atoms with E-state index in [0.29, 0.717) is 0 Å². The maximum absolute atomic E-state index is 12.7. The molecule has 1 saturated carbocycles. The largest absolute Gasteiger partial charge is 0.371 e. The average Bonchev–Trinajstić information content (AvgIpc) is 2.74. The minimum absolute atomic E-state index is 0.00215. The number of piperidine rings is 1. The van der Waals surface area contributed by atoms with Crippen molar-refractivity contribution in [1.29, 1.82) is 0 Å². The molecule has 1 aromatic rings. The fourth-order valence-electron chi connectivity index (χ4n) is 4.29. The maximum atomic E-state index is 12.7. The van der Waals surface area contributed by atoms with Crippen LogP contribution in [0.3, 0.4) is 0 Å². The maximum Gasteiger partial charge on any atom is 0.253 e. The molecule has 1 aliphatic carbocycles.